The molecule has 0 radical (unpaired) electrons. The van der Waals surface area contributed by atoms with E-state index in [0.29, 0.717) is 16.7 Å². The molecule has 3 rings (SSSR count). The fraction of sp³-hybridized carbons (Fsp3) is 0.348. The second-order valence-electron chi connectivity index (χ2n) is 7.40. The predicted octanol–water partition coefficient (Wildman–Crippen LogP) is 3.64. The molecule has 2 aromatic rings. The smallest absolute Gasteiger partial charge is 0.387 e. The summed E-state index contributed by atoms with van der Waals surface area (Å²) in [4.78, 5) is 40.1. The summed E-state index contributed by atoms with van der Waals surface area (Å²) in [6.07, 6.45) is -0.0359. The molecule has 0 spiro atoms. The average Bonchev–Trinajstić information content (AvgIpc) is 2.97. The number of nitrogens with zero attached hydrogens (tertiary/aromatic N) is 2. The molecule has 1 heterocycles. The number of fused-ring (bicyclic) bond motifs is 1. The highest BCUT2D eigenvalue weighted by Crippen LogP contribution is 2.30. The van der Waals surface area contributed by atoms with E-state index in [4.69, 9.17) is 4.74 Å². The van der Waals surface area contributed by atoms with Crippen LogP contribution in [0.15, 0.2) is 36.4 Å². The molecular weight excluding hydrogens is 422 g/mol. The molecule has 0 saturated carbocycles. The van der Waals surface area contributed by atoms with Gasteiger partial charge >= 0.3 is 6.61 Å². The number of ether oxygens (including phenoxy) is 2. The van der Waals surface area contributed by atoms with Crippen LogP contribution in [0.5, 0.6) is 11.5 Å². The second kappa shape index (κ2) is 9.76. The third-order valence-corrected chi connectivity index (χ3v) is 5.04. The van der Waals surface area contributed by atoms with Gasteiger partial charge in [0.1, 0.15) is 0 Å². The van der Waals surface area contributed by atoms with E-state index in [2.05, 4.69) is 4.74 Å². The number of amides is 3. The largest absolute Gasteiger partial charge is 0.490 e. The lowest BCUT2D eigenvalue weighted by atomic mass is 10.1. The highest BCUT2D eigenvalue weighted by atomic mass is 19.3. The van der Waals surface area contributed by atoms with Crippen molar-refractivity contribution in [2.75, 3.05) is 20.2 Å². The average molecular weight is 446 g/mol. The number of halogens is 2. The topological polar surface area (TPSA) is 76.2 Å². The van der Waals surface area contributed by atoms with Crippen LogP contribution in [0.1, 0.15) is 45.2 Å². The number of carbonyl (C=O) groups excluding carboxylic acids is 3. The molecule has 0 fully saturated rings. The third kappa shape index (κ3) is 5.04. The molecule has 1 aliphatic rings. The minimum absolute atomic E-state index is 0.0278. The van der Waals surface area contributed by atoms with Gasteiger partial charge in [-0.1, -0.05) is 17.7 Å². The van der Waals surface area contributed by atoms with Crippen molar-refractivity contribution in [1.29, 1.82) is 0 Å². The van der Waals surface area contributed by atoms with E-state index in [1.54, 1.807) is 38.2 Å². The molecule has 1 aliphatic heterocycles. The maximum atomic E-state index is 12.6. The summed E-state index contributed by atoms with van der Waals surface area (Å²) in [5.74, 6) is -1.01. The second-order valence-corrected chi connectivity index (χ2v) is 7.40. The molecule has 32 heavy (non-hydrogen) atoms. The van der Waals surface area contributed by atoms with E-state index in [9.17, 15) is 23.2 Å². The lowest BCUT2D eigenvalue weighted by Gasteiger charge is -2.20. The minimum Gasteiger partial charge on any atom is -0.490 e. The number of hydrogen-bond donors (Lipinski definition) is 0. The van der Waals surface area contributed by atoms with Crippen molar-refractivity contribution in [3.05, 3.63) is 58.7 Å². The Bertz CT molecular complexity index is 1040. The standard InChI is InChI=1S/C23H24F2N2O5/c1-4-31-19-12-15(6-8-18(19)32-23(24)25)13-26(3)20(28)9-10-27-21(29)16-7-5-14(2)11-17(16)22(27)30/h5-8,11-12,23H,4,9-10,13H2,1-3H3. The van der Waals surface area contributed by atoms with E-state index >= 15 is 0 Å². The summed E-state index contributed by atoms with van der Waals surface area (Å²) in [6, 6.07) is 9.53. The lowest BCUT2D eigenvalue weighted by Crippen LogP contribution is -2.35. The van der Waals surface area contributed by atoms with Crippen LogP contribution in [0.3, 0.4) is 0 Å². The van der Waals surface area contributed by atoms with Gasteiger partial charge in [-0.3, -0.25) is 19.3 Å². The van der Waals surface area contributed by atoms with Gasteiger partial charge in [-0.2, -0.15) is 8.78 Å². The molecule has 0 bridgehead atoms. The minimum atomic E-state index is -2.98. The number of hydrogen-bond acceptors (Lipinski definition) is 5. The van der Waals surface area contributed by atoms with Crippen molar-refractivity contribution in [2.45, 2.75) is 33.4 Å². The molecular formula is C23H24F2N2O5. The lowest BCUT2D eigenvalue weighted by molar-refractivity contribution is -0.130. The van der Waals surface area contributed by atoms with Gasteiger partial charge in [0.05, 0.1) is 17.7 Å². The number of imide groups is 1. The van der Waals surface area contributed by atoms with E-state index < -0.39 is 18.4 Å². The number of benzene rings is 2. The number of rotatable bonds is 9. The van der Waals surface area contributed by atoms with Crippen LogP contribution in [-0.2, 0) is 11.3 Å². The molecule has 0 unspecified atom stereocenters. The zero-order valence-corrected chi connectivity index (χ0v) is 18.1. The van der Waals surface area contributed by atoms with Crippen LogP contribution < -0.4 is 9.47 Å². The van der Waals surface area contributed by atoms with E-state index in [-0.39, 0.29) is 43.5 Å². The number of alkyl halides is 2. The van der Waals surface area contributed by atoms with Gasteiger partial charge in [0.2, 0.25) is 5.91 Å². The summed E-state index contributed by atoms with van der Waals surface area (Å²) < 4.78 is 34.9. The summed E-state index contributed by atoms with van der Waals surface area (Å²) in [6.45, 7) is 1.000. The van der Waals surface area contributed by atoms with Crippen molar-refractivity contribution in [2.24, 2.45) is 0 Å². The molecule has 0 N–H and O–H groups in total. The summed E-state index contributed by atoms with van der Waals surface area (Å²) in [5.41, 5.74) is 2.22. The van der Waals surface area contributed by atoms with Gasteiger partial charge in [0, 0.05) is 26.6 Å². The molecule has 0 saturated heterocycles. The van der Waals surface area contributed by atoms with Crippen molar-refractivity contribution in [3.63, 3.8) is 0 Å². The molecule has 0 aliphatic carbocycles. The SMILES string of the molecule is CCOc1cc(CN(C)C(=O)CCN2C(=O)c3ccc(C)cc3C2=O)ccc1OC(F)F. The maximum Gasteiger partial charge on any atom is 0.387 e. The monoisotopic (exact) mass is 446 g/mol. The van der Waals surface area contributed by atoms with Gasteiger partial charge < -0.3 is 14.4 Å². The maximum absolute atomic E-state index is 12.6. The van der Waals surface area contributed by atoms with Gasteiger partial charge in [-0.25, -0.2) is 0 Å². The fourth-order valence-corrected chi connectivity index (χ4v) is 3.48. The van der Waals surface area contributed by atoms with Crippen LogP contribution in [0.2, 0.25) is 0 Å². The molecule has 9 heteroatoms. The normalized spacial score (nSPS) is 12.9. The molecule has 0 atom stereocenters. The Morgan fingerprint density at radius 3 is 2.47 bits per heavy atom. The Kier molecular flexibility index (Phi) is 7.07. The highest BCUT2D eigenvalue weighted by Gasteiger charge is 2.35. The highest BCUT2D eigenvalue weighted by molar-refractivity contribution is 6.21. The third-order valence-electron chi connectivity index (χ3n) is 5.04. The zero-order chi connectivity index (χ0) is 23.4. The Balaban J connectivity index is 1.61. The van der Waals surface area contributed by atoms with Gasteiger partial charge in [0.15, 0.2) is 11.5 Å². The zero-order valence-electron chi connectivity index (χ0n) is 18.1. The first kappa shape index (κ1) is 23.2. The molecule has 3 amide bonds. The molecule has 0 aromatic heterocycles. The Morgan fingerprint density at radius 1 is 1.06 bits per heavy atom. The first-order valence-corrected chi connectivity index (χ1v) is 10.1. The predicted molar refractivity (Wildman–Crippen MR) is 112 cm³/mol. The van der Waals surface area contributed by atoms with Crippen LogP contribution in [-0.4, -0.2) is 54.3 Å². The van der Waals surface area contributed by atoms with Crippen LogP contribution >= 0.6 is 0 Å². The molecule has 7 nitrogen and oxygen atoms in total. The summed E-state index contributed by atoms with van der Waals surface area (Å²) >= 11 is 0. The van der Waals surface area contributed by atoms with Crippen molar-refractivity contribution in [3.8, 4) is 11.5 Å². The van der Waals surface area contributed by atoms with E-state index in [1.165, 1.54) is 17.0 Å². The number of aryl methyl sites for hydroxylation is 1. The van der Waals surface area contributed by atoms with Gasteiger partial charge in [-0.05, 0) is 43.7 Å². The first-order chi connectivity index (χ1) is 15.2. The quantitative estimate of drug-likeness (QED) is 0.550. The Labute approximate surface area is 184 Å². The van der Waals surface area contributed by atoms with Gasteiger partial charge in [0.25, 0.3) is 11.8 Å². The summed E-state index contributed by atoms with van der Waals surface area (Å²) in [7, 11) is 1.58. The van der Waals surface area contributed by atoms with Gasteiger partial charge in [-0.15, -0.1) is 0 Å². The summed E-state index contributed by atoms with van der Waals surface area (Å²) in [5, 5.41) is 0. The van der Waals surface area contributed by atoms with Crippen LogP contribution in [0.4, 0.5) is 8.78 Å². The van der Waals surface area contributed by atoms with E-state index in [1.807, 2.05) is 6.92 Å². The van der Waals surface area contributed by atoms with Crippen LogP contribution in [0, 0.1) is 6.92 Å². The Morgan fingerprint density at radius 2 is 1.78 bits per heavy atom. The van der Waals surface area contributed by atoms with Crippen molar-refractivity contribution < 1.29 is 32.6 Å². The molecule has 170 valence electrons. The fourth-order valence-electron chi connectivity index (χ4n) is 3.48. The van der Waals surface area contributed by atoms with E-state index in [0.717, 1.165) is 10.5 Å². The van der Waals surface area contributed by atoms with Crippen molar-refractivity contribution >= 4 is 17.7 Å². The number of carbonyl (C=O) groups is 3. The van der Waals surface area contributed by atoms with Crippen LogP contribution in [0.25, 0.3) is 0 Å². The first-order valence-electron chi connectivity index (χ1n) is 10.1. The Hall–Kier alpha value is -3.49. The molecule has 2 aromatic carbocycles. The van der Waals surface area contributed by atoms with Crippen molar-refractivity contribution in [1.82, 2.24) is 9.80 Å².